The van der Waals surface area contributed by atoms with Gasteiger partial charge in [0.15, 0.2) is 0 Å². The topological polar surface area (TPSA) is 52.6 Å². The molecule has 1 rings (SSSR count). The Morgan fingerprint density at radius 2 is 1.72 bits per heavy atom. The van der Waals surface area contributed by atoms with Gasteiger partial charge in [-0.3, -0.25) is 9.59 Å². The molecule has 0 fully saturated rings. The van der Waals surface area contributed by atoms with Crippen LogP contribution in [0.2, 0.25) is 0 Å². The van der Waals surface area contributed by atoms with Gasteiger partial charge in [-0.1, -0.05) is 37.4 Å². The summed E-state index contributed by atoms with van der Waals surface area (Å²) in [5.41, 5.74) is 0.827. The molecule has 0 spiro atoms. The molecule has 0 saturated carbocycles. The summed E-state index contributed by atoms with van der Waals surface area (Å²) in [5, 5.41) is 0. The van der Waals surface area contributed by atoms with Crippen LogP contribution in [0.3, 0.4) is 0 Å². The van der Waals surface area contributed by atoms with Crippen molar-refractivity contribution in [1.82, 2.24) is 0 Å². The first-order valence-corrected chi connectivity index (χ1v) is 5.19. The van der Waals surface area contributed by atoms with E-state index in [4.69, 9.17) is 4.74 Å². The van der Waals surface area contributed by atoms with Gasteiger partial charge in [-0.15, -0.1) is 0 Å². The molecule has 1 aromatic carbocycles. The quantitative estimate of drug-likeness (QED) is 0.469. The lowest BCUT2D eigenvalue weighted by Crippen LogP contribution is -2.02. The van der Waals surface area contributed by atoms with Gasteiger partial charge in [-0.2, -0.15) is 0 Å². The highest BCUT2D eigenvalue weighted by Crippen LogP contribution is 2.18. The van der Waals surface area contributed by atoms with Crippen molar-refractivity contribution < 1.29 is 19.1 Å². The fourth-order valence-corrected chi connectivity index (χ4v) is 1.01. The van der Waals surface area contributed by atoms with Crippen LogP contribution in [0.4, 0.5) is 0 Å². The lowest BCUT2D eigenvalue weighted by molar-refractivity contribution is -0.135. The second-order valence-electron chi connectivity index (χ2n) is 3.11. The van der Waals surface area contributed by atoms with E-state index < -0.39 is 0 Å². The van der Waals surface area contributed by atoms with Gasteiger partial charge in [-0.25, -0.2) is 0 Å². The van der Waals surface area contributed by atoms with Crippen molar-refractivity contribution in [2.24, 2.45) is 0 Å². The molecule has 0 amide bonds. The predicted octanol–water partition coefficient (Wildman–Crippen LogP) is 2.95. The maximum atomic E-state index is 10.6. The summed E-state index contributed by atoms with van der Waals surface area (Å²) in [7, 11) is 0. The Balaban J connectivity index is 0.000000411. The Labute approximate surface area is 107 Å². The third-order valence-electron chi connectivity index (χ3n) is 1.64. The van der Waals surface area contributed by atoms with Crippen LogP contribution < -0.4 is 4.74 Å². The van der Waals surface area contributed by atoms with E-state index in [-0.39, 0.29) is 11.9 Å². The molecule has 96 valence electrons. The Bertz CT molecular complexity index is 435. The molecule has 1 aromatic rings. The first-order valence-electron chi connectivity index (χ1n) is 5.19. The fourth-order valence-electron chi connectivity index (χ4n) is 1.01. The molecule has 0 aromatic heterocycles. The molecular formula is C14H16O4. The van der Waals surface area contributed by atoms with E-state index in [2.05, 4.69) is 17.9 Å². The van der Waals surface area contributed by atoms with E-state index in [0.29, 0.717) is 5.75 Å². The predicted molar refractivity (Wildman–Crippen MR) is 69.8 cm³/mol. The molecule has 4 heteroatoms. The van der Waals surface area contributed by atoms with Gasteiger partial charge in [0, 0.05) is 19.4 Å². The molecule has 0 saturated heterocycles. The molecule has 0 aliphatic rings. The first kappa shape index (κ1) is 15.6. The molecule has 0 aliphatic heterocycles. The summed E-state index contributed by atoms with van der Waals surface area (Å²) < 4.78 is 9.09. The highest BCUT2D eigenvalue weighted by Gasteiger charge is 2.00. The molecule has 0 atom stereocenters. The Morgan fingerprint density at radius 3 is 2.11 bits per heavy atom. The summed E-state index contributed by atoms with van der Waals surface area (Å²) in [6.45, 7) is 9.46. The van der Waals surface area contributed by atoms with Crippen LogP contribution in [-0.4, -0.2) is 11.9 Å². The molecular weight excluding hydrogens is 232 g/mol. The van der Waals surface area contributed by atoms with Gasteiger partial charge in [0.1, 0.15) is 5.75 Å². The van der Waals surface area contributed by atoms with Crippen molar-refractivity contribution in [3.8, 4) is 5.75 Å². The second kappa shape index (κ2) is 8.75. The number of hydrogen-bond donors (Lipinski definition) is 0. The minimum Gasteiger partial charge on any atom is -0.435 e. The van der Waals surface area contributed by atoms with Crippen LogP contribution in [0.25, 0.3) is 6.08 Å². The number of hydrogen-bond acceptors (Lipinski definition) is 4. The number of carbonyl (C=O) groups is 2. The monoisotopic (exact) mass is 248 g/mol. The lowest BCUT2D eigenvalue weighted by atomic mass is 10.2. The summed E-state index contributed by atoms with van der Waals surface area (Å²) >= 11 is 0. The average Bonchev–Trinajstić information content (AvgIpc) is 2.29. The maximum absolute atomic E-state index is 10.6. The van der Waals surface area contributed by atoms with Gasteiger partial charge in [0.05, 0.1) is 6.26 Å². The summed E-state index contributed by atoms with van der Waals surface area (Å²) in [6.07, 6.45) is 2.75. The van der Waals surface area contributed by atoms with Crippen molar-refractivity contribution in [2.45, 2.75) is 13.8 Å². The van der Waals surface area contributed by atoms with Crippen LogP contribution in [0.15, 0.2) is 43.7 Å². The van der Waals surface area contributed by atoms with E-state index in [1.54, 1.807) is 12.1 Å². The number of carbonyl (C=O) groups excluding carboxylic acids is 2. The Kier molecular flexibility index (Phi) is 7.61. The van der Waals surface area contributed by atoms with Crippen LogP contribution in [0.5, 0.6) is 5.75 Å². The Morgan fingerprint density at radius 1 is 1.11 bits per heavy atom. The molecule has 18 heavy (non-hydrogen) atoms. The third-order valence-corrected chi connectivity index (χ3v) is 1.64. The number of esters is 2. The van der Waals surface area contributed by atoms with Crippen LogP contribution in [0, 0.1) is 0 Å². The molecule has 4 nitrogen and oxygen atoms in total. The van der Waals surface area contributed by atoms with Gasteiger partial charge in [0.25, 0.3) is 0 Å². The van der Waals surface area contributed by atoms with Gasteiger partial charge < -0.3 is 9.47 Å². The zero-order chi connectivity index (χ0) is 14.0. The molecule has 0 aliphatic carbocycles. The number of para-hydroxylation sites is 1. The van der Waals surface area contributed by atoms with Gasteiger partial charge >= 0.3 is 11.9 Å². The smallest absolute Gasteiger partial charge is 0.308 e. The van der Waals surface area contributed by atoms with Crippen LogP contribution in [-0.2, 0) is 14.3 Å². The van der Waals surface area contributed by atoms with Crippen molar-refractivity contribution in [3.63, 3.8) is 0 Å². The van der Waals surface area contributed by atoms with E-state index >= 15 is 0 Å². The second-order valence-corrected chi connectivity index (χ2v) is 3.11. The van der Waals surface area contributed by atoms with Crippen LogP contribution in [0.1, 0.15) is 19.4 Å². The van der Waals surface area contributed by atoms with Crippen molar-refractivity contribution in [3.05, 3.63) is 49.2 Å². The van der Waals surface area contributed by atoms with E-state index in [0.717, 1.165) is 11.8 Å². The van der Waals surface area contributed by atoms with Gasteiger partial charge in [0.2, 0.25) is 0 Å². The largest absolute Gasteiger partial charge is 0.435 e. The fraction of sp³-hybridized carbons (Fsp3) is 0.143. The number of benzene rings is 1. The summed E-state index contributed by atoms with van der Waals surface area (Å²) in [5.74, 6) is -0.0886. The molecule has 0 heterocycles. The standard InChI is InChI=1S/C10H10O2.C4H6O2/c1-3-9-6-4-5-7-10(9)12-8(2)11;1-3-6-4(2)5/h3-7H,1H2,2H3;3H,1H2,2H3. The van der Waals surface area contributed by atoms with Crippen molar-refractivity contribution in [2.75, 3.05) is 0 Å². The normalized spacial score (nSPS) is 8.33. The minimum atomic E-state index is -0.329. The van der Waals surface area contributed by atoms with Crippen molar-refractivity contribution in [1.29, 1.82) is 0 Å². The molecule has 0 bridgehead atoms. The maximum Gasteiger partial charge on any atom is 0.308 e. The van der Waals surface area contributed by atoms with Crippen LogP contribution >= 0.6 is 0 Å². The molecule has 0 radical (unpaired) electrons. The number of ether oxygens (including phenoxy) is 2. The highest BCUT2D eigenvalue weighted by atomic mass is 16.5. The summed E-state index contributed by atoms with van der Waals surface area (Å²) in [4.78, 5) is 20.4. The van der Waals surface area contributed by atoms with Gasteiger partial charge in [-0.05, 0) is 6.07 Å². The minimum absolute atomic E-state index is 0.315. The van der Waals surface area contributed by atoms with Crippen molar-refractivity contribution >= 4 is 18.0 Å². The van der Waals surface area contributed by atoms with E-state index in [1.165, 1.54) is 13.8 Å². The third kappa shape index (κ3) is 7.00. The average molecular weight is 248 g/mol. The molecule has 0 N–H and O–H groups in total. The summed E-state index contributed by atoms with van der Waals surface area (Å²) in [6, 6.07) is 7.25. The van der Waals surface area contributed by atoms with E-state index in [1.807, 2.05) is 18.2 Å². The first-order chi connectivity index (χ1) is 8.51. The lowest BCUT2D eigenvalue weighted by Gasteiger charge is -2.03. The van der Waals surface area contributed by atoms with E-state index in [9.17, 15) is 9.59 Å². The zero-order valence-electron chi connectivity index (χ0n) is 10.5. The highest BCUT2D eigenvalue weighted by molar-refractivity contribution is 5.71. The number of rotatable bonds is 3. The SMILES string of the molecule is C=COC(C)=O.C=Cc1ccccc1OC(C)=O. The Hall–Kier alpha value is -2.36. The zero-order valence-corrected chi connectivity index (χ0v) is 10.5. The molecule has 0 unspecified atom stereocenters.